The summed E-state index contributed by atoms with van der Waals surface area (Å²) in [4.78, 5) is 19.0. The smallest absolute Gasteiger partial charge is 0.252 e. The number of ether oxygens (including phenoxy) is 1. The molecule has 3 rings (SSSR count). The van der Waals surface area contributed by atoms with Gasteiger partial charge in [-0.15, -0.1) is 0 Å². The average Bonchev–Trinajstić information content (AvgIpc) is 2.68. The Hall–Kier alpha value is -2.44. The van der Waals surface area contributed by atoms with Gasteiger partial charge in [-0.25, -0.2) is 0 Å². The average molecular weight is 383 g/mol. The molecule has 1 saturated heterocycles. The summed E-state index contributed by atoms with van der Waals surface area (Å²) in [5.41, 5.74) is 3.63. The van der Waals surface area contributed by atoms with E-state index in [1.165, 1.54) is 5.56 Å². The van der Waals surface area contributed by atoms with Gasteiger partial charge in [-0.3, -0.25) is 14.7 Å². The summed E-state index contributed by atoms with van der Waals surface area (Å²) in [5, 5.41) is 6.40. The fourth-order valence-corrected chi connectivity index (χ4v) is 3.29. The van der Waals surface area contributed by atoms with E-state index in [0.717, 1.165) is 44.2 Å². The number of anilines is 2. The first-order valence-corrected chi connectivity index (χ1v) is 9.83. The maximum absolute atomic E-state index is 12.5. The molecule has 0 aliphatic carbocycles. The summed E-state index contributed by atoms with van der Waals surface area (Å²) < 4.78 is 5.34. The van der Waals surface area contributed by atoms with Gasteiger partial charge >= 0.3 is 0 Å². The van der Waals surface area contributed by atoms with E-state index >= 15 is 0 Å². The van der Waals surface area contributed by atoms with Gasteiger partial charge in [-0.05, 0) is 23.1 Å². The van der Waals surface area contributed by atoms with Crippen LogP contribution >= 0.6 is 0 Å². The first-order chi connectivity index (χ1) is 13.4. The van der Waals surface area contributed by atoms with E-state index in [9.17, 15) is 4.79 Å². The van der Waals surface area contributed by atoms with E-state index in [1.807, 2.05) is 18.2 Å². The largest absolute Gasteiger partial charge is 0.379 e. The number of nitrogens with one attached hydrogen (secondary N) is 2. The molecule has 1 amide bonds. The van der Waals surface area contributed by atoms with Crippen molar-refractivity contribution in [2.75, 3.05) is 44.7 Å². The highest BCUT2D eigenvalue weighted by molar-refractivity contribution is 5.94. The molecule has 0 spiro atoms. The van der Waals surface area contributed by atoms with E-state index in [0.29, 0.717) is 12.1 Å². The van der Waals surface area contributed by atoms with E-state index in [4.69, 9.17) is 4.74 Å². The van der Waals surface area contributed by atoms with E-state index in [1.54, 1.807) is 12.4 Å². The second-order valence-corrected chi connectivity index (χ2v) is 8.09. The fraction of sp³-hybridized carbons (Fsp3) is 0.455. The highest BCUT2D eigenvalue weighted by Gasteiger charge is 2.18. The molecule has 6 nitrogen and oxygen atoms in total. The number of nitrogens with zero attached hydrogens (tertiary/aromatic N) is 2. The van der Waals surface area contributed by atoms with Gasteiger partial charge in [-0.2, -0.15) is 0 Å². The van der Waals surface area contributed by atoms with Crippen LogP contribution in [0.5, 0.6) is 0 Å². The monoisotopic (exact) mass is 382 g/mol. The number of morpholine rings is 1. The van der Waals surface area contributed by atoms with Gasteiger partial charge in [0, 0.05) is 38.1 Å². The highest BCUT2D eigenvalue weighted by Crippen LogP contribution is 2.31. The second-order valence-electron chi connectivity index (χ2n) is 8.09. The van der Waals surface area contributed by atoms with Crippen LogP contribution in [-0.4, -0.2) is 55.2 Å². The lowest BCUT2D eigenvalue weighted by Gasteiger charge is -2.26. The Bertz CT molecular complexity index is 795. The second kappa shape index (κ2) is 9.17. The zero-order valence-corrected chi connectivity index (χ0v) is 17.0. The SMILES string of the molecule is CC(C)(C)c1ccccc1Nc1cncc(C(=O)NCCN2CCOCC2)c1. The number of para-hydroxylation sites is 1. The number of hydrogen-bond donors (Lipinski definition) is 2. The summed E-state index contributed by atoms with van der Waals surface area (Å²) in [7, 11) is 0. The van der Waals surface area contributed by atoms with Crippen molar-refractivity contribution in [2.45, 2.75) is 26.2 Å². The lowest BCUT2D eigenvalue weighted by Crippen LogP contribution is -2.41. The molecule has 0 radical (unpaired) electrons. The van der Waals surface area contributed by atoms with E-state index in [-0.39, 0.29) is 11.3 Å². The summed E-state index contributed by atoms with van der Waals surface area (Å²) in [6, 6.07) is 10.1. The molecule has 1 aliphatic heterocycles. The molecule has 1 aromatic heterocycles. The van der Waals surface area contributed by atoms with Crippen molar-refractivity contribution >= 4 is 17.3 Å². The molecule has 2 heterocycles. The normalized spacial score (nSPS) is 15.2. The maximum atomic E-state index is 12.5. The van der Waals surface area contributed by atoms with Crippen molar-refractivity contribution in [3.8, 4) is 0 Å². The number of amides is 1. The molecule has 1 aliphatic rings. The third kappa shape index (κ3) is 5.53. The minimum absolute atomic E-state index is 0.0193. The Morgan fingerprint density at radius 1 is 1.18 bits per heavy atom. The Morgan fingerprint density at radius 3 is 2.68 bits per heavy atom. The van der Waals surface area contributed by atoms with Gasteiger partial charge in [0.05, 0.1) is 30.7 Å². The minimum atomic E-state index is -0.103. The molecule has 150 valence electrons. The zero-order chi connectivity index (χ0) is 20.0. The predicted octanol–water partition coefficient (Wildman–Crippen LogP) is 3.18. The summed E-state index contributed by atoms with van der Waals surface area (Å²) >= 11 is 0. The van der Waals surface area contributed by atoms with Crippen molar-refractivity contribution in [3.05, 3.63) is 53.9 Å². The summed E-state index contributed by atoms with van der Waals surface area (Å²) in [6.07, 6.45) is 3.34. The number of benzene rings is 1. The van der Waals surface area contributed by atoms with Gasteiger partial charge < -0.3 is 15.4 Å². The molecule has 0 atom stereocenters. The number of aromatic nitrogens is 1. The van der Waals surface area contributed by atoms with Crippen molar-refractivity contribution in [1.29, 1.82) is 0 Å². The van der Waals surface area contributed by atoms with Crippen LogP contribution in [0.3, 0.4) is 0 Å². The molecule has 28 heavy (non-hydrogen) atoms. The lowest BCUT2D eigenvalue weighted by atomic mass is 9.86. The number of pyridine rings is 1. The van der Waals surface area contributed by atoms with Gasteiger partial charge in [0.1, 0.15) is 0 Å². The molecule has 2 aromatic rings. The third-order valence-corrected chi connectivity index (χ3v) is 4.83. The van der Waals surface area contributed by atoms with Crippen molar-refractivity contribution in [2.24, 2.45) is 0 Å². The Labute approximate surface area is 167 Å². The summed E-state index contributed by atoms with van der Waals surface area (Å²) in [5.74, 6) is -0.103. The van der Waals surface area contributed by atoms with Crippen LogP contribution in [0.2, 0.25) is 0 Å². The first-order valence-electron chi connectivity index (χ1n) is 9.83. The number of carbonyl (C=O) groups excluding carboxylic acids is 1. The standard InChI is InChI=1S/C22H30N4O2/c1-22(2,3)19-6-4-5-7-20(19)25-18-14-17(15-23-16-18)21(27)24-8-9-26-10-12-28-13-11-26/h4-7,14-16,25H,8-13H2,1-3H3,(H,24,27). The third-order valence-electron chi connectivity index (χ3n) is 4.83. The van der Waals surface area contributed by atoms with Gasteiger partial charge in [0.2, 0.25) is 0 Å². The Morgan fingerprint density at radius 2 is 1.93 bits per heavy atom. The quantitative estimate of drug-likeness (QED) is 0.803. The number of carbonyl (C=O) groups is 1. The van der Waals surface area contributed by atoms with Gasteiger partial charge in [-0.1, -0.05) is 39.0 Å². The van der Waals surface area contributed by atoms with Gasteiger partial charge in [0.15, 0.2) is 0 Å². The van der Waals surface area contributed by atoms with E-state index in [2.05, 4.69) is 53.4 Å². The molecular formula is C22H30N4O2. The molecular weight excluding hydrogens is 352 g/mol. The van der Waals surface area contributed by atoms with Crippen LogP contribution in [-0.2, 0) is 10.2 Å². The Balaban J connectivity index is 1.62. The number of rotatable bonds is 6. The molecule has 2 N–H and O–H groups in total. The lowest BCUT2D eigenvalue weighted by molar-refractivity contribution is 0.0383. The van der Waals surface area contributed by atoms with Crippen LogP contribution in [0, 0.1) is 0 Å². The molecule has 0 bridgehead atoms. The minimum Gasteiger partial charge on any atom is -0.379 e. The Kier molecular flexibility index (Phi) is 6.65. The van der Waals surface area contributed by atoms with Crippen LogP contribution in [0.4, 0.5) is 11.4 Å². The summed E-state index contributed by atoms with van der Waals surface area (Å²) in [6.45, 7) is 11.4. The van der Waals surface area contributed by atoms with Crippen LogP contribution in [0.25, 0.3) is 0 Å². The van der Waals surface area contributed by atoms with E-state index < -0.39 is 0 Å². The van der Waals surface area contributed by atoms with Gasteiger partial charge in [0.25, 0.3) is 5.91 Å². The highest BCUT2D eigenvalue weighted by atomic mass is 16.5. The molecule has 1 aromatic carbocycles. The maximum Gasteiger partial charge on any atom is 0.252 e. The first kappa shape index (κ1) is 20.3. The molecule has 0 unspecified atom stereocenters. The van der Waals surface area contributed by atoms with Crippen molar-refractivity contribution < 1.29 is 9.53 Å². The van der Waals surface area contributed by atoms with Crippen molar-refractivity contribution in [3.63, 3.8) is 0 Å². The number of hydrogen-bond acceptors (Lipinski definition) is 5. The van der Waals surface area contributed by atoms with Crippen LogP contribution < -0.4 is 10.6 Å². The molecule has 0 saturated carbocycles. The van der Waals surface area contributed by atoms with Crippen LogP contribution in [0.15, 0.2) is 42.7 Å². The molecule has 1 fully saturated rings. The van der Waals surface area contributed by atoms with Crippen LogP contribution in [0.1, 0.15) is 36.7 Å². The molecule has 6 heteroatoms. The zero-order valence-electron chi connectivity index (χ0n) is 17.0. The van der Waals surface area contributed by atoms with Crippen molar-refractivity contribution in [1.82, 2.24) is 15.2 Å². The fourth-order valence-electron chi connectivity index (χ4n) is 3.29. The topological polar surface area (TPSA) is 66.5 Å². The predicted molar refractivity (Wildman–Crippen MR) is 112 cm³/mol.